The van der Waals surface area contributed by atoms with E-state index in [9.17, 15) is 0 Å². The Bertz CT molecular complexity index is 346. The second-order valence-electron chi connectivity index (χ2n) is 6.51. The molecular formula is C16H30N2. The minimum atomic E-state index is 0.519. The standard InChI is InChI=1S/C16H30N2/c1-10(2)14-15(11(3)4)17-9-18(13(7)8)16(14)12(5)6/h10-13H,9H2,1-8H3. The molecule has 0 N–H and O–H groups in total. The van der Waals surface area contributed by atoms with Crippen molar-refractivity contribution in [1.82, 2.24) is 4.90 Å². The second-order valence-corrected chi connectivity index (χ2v) is 6.51. The van der Waals surface area contributed by atoms with Gasteiger partial charge in [-0.3, -0.25) is 4.99 Å². The van der Waals surface area contributed by atoms with Crippen LogP contribution in [0.1, 0.15) is 55.4 Å². The van der Waals surface area contributed by atoms with Gasteiger partial charge in [0.05, 0.1) is 0 Å². The summed E-state index contributed by atoms with van der Waals surface area (Å²) >= 11 is 0. The maximum atomic E-state index is 4.85. The van der Waals surface area contributed by atoms with Crippen LogP contribution in [0.4, 0.5) is 0 Å². The van der Waals surface area contributed by atoms with Crippen molar-refractivity contribution in [2.45, 2.75) is 61.4 Å². The van der Waals surface area contributed by atoms with E-state index >= 15 is 0 Å². The summed E-state index contributed by atoms with van der Waals surface area (Å²) in [7, 11) is 0. The summed E-state index contributed by atoms with van der Waals surface area (Å²) < 4.78 is 0. The zero-order chi connectivity index (χ0) is 14.0. The molecule has 0 unspecified atom stereocenters. The van der Waals surface area contributed by atoms with Crippen molar-refractivity contribution in [3.05, 3.63) is 11.3 Å². The molecule has 0 bridgehead atoms. The first kappa shape index (κ1) is 15.3. The van der Waals surface area contributed by atoms with Gasteiger partial charge in [0.2, 0.25) is 0 Å². The van der Waals surface area contributed by atoms with Crippen LogP contribution in [0, 0.1) is 17.8 Å². The number of rotatable bonds is 4. The number of nitrogens with zero attached hydrogens (tertiary/aromatic N) is 2. The van der Waals surface area contributed by atoms with Crippen molar-refractivity contribution in [2.75, 3.05) is 6.67 Å². The van der Waals surface area contributed by atoms with Gasteiger partial charge in [-0.05, 0) is 37.2 Å². The van der Waals surface area contributed by atoms with Crippen LogP contribution in [0.5, 0.6) is 0 Å². The fourth-order valence-corrected chi connectivity index (χ4v) is 2.77. The van der Waals surface area contributed by atoms with Crippen LogP contribution in [0.3, 0.4) is 0 Å². The lowest BCUT2D eigenvalue weighted by molar-refractivity contribution is 0.256. The Kier molecular flexibility index (Phi) is 5.01. The van der Waals surface area contributed by atoms with Crippen molar-refractivity contribution < 1.29 is 0 Å². The summed E-state index contributed by atoms with van der Waals surface area (Å²) in [6.45, 7) is 19.0. The highest BCUT2D eigenvalue weighted by molar-refractivity contribution is 6.02. The predicted octanol–water partition coefficient (Wildman–Crippen LogP) is 4.33. The molecule has 0 aromatic heterocycles. The molecule has 2 nitrogen and oxygen atoms in total. The Labute approximate surface area is 113 Å². The van der Waals surface area contributed by atoms with Gasteiger partial charge in [-0.2, -0.15) is 0 Å². The molecule has 0 spiro atoms. The Morgan fingerprint density at radius 3 is 1.72 bits per heavy atom. The fraction of sp³-hybridized carbons (Fsp3) is 0.812. The van der Waals surface area contributed by atoms with Crippen LogP contribution < -0.4 is 0 Å². The molecule has 104 valence electrons. The molecule has 0 aromatic rings. The number of hydrogen-bond donors (Lipinski definition) is 0. The SMILES string of the molecule is CC(C)C1=NCN(C(C)C)C(C(C)C)=C1C(C)C. The van der Waals surface area contributed by atoms with Crippen LogP contribution in [0.15, 0.2) is 16.3 Å². The predicted molar refractivity (Wildman–Crippen MR) is 80.8 cm³/mol. The molecule has 18 heavy (non-hydrogen) atoms. The maximum absolute atomic E-state index is 4.85. The largest absolute Gasteiger partial charge is 0.353 e. The van der Waals surface area contributed by atoms with Crippen molar-refractivity contribution >= 4 is 5.71 Å². The monoisotopic (exact) mass is 250 g/mol. The zero-order valence-electron chi connectivity index (χ0n) is 13.4. The normalized spacial score (nSPS) is 17.6. The molecule has 1 aliphatic heterocycles. The van der Waals surface area contributed by atoms with Gasteiger partial charge in [0.25, 0.3) is 0 Å². The zero-order valence-corrected chi connectivity index (χ0v) is 13.4. The molecule has 1 heterocycles. The van der Waals surface area contributed by atoms with Gasteiger partial charge in [0.15, 0.2) is 0 Å². The molecule has 0 fully saturated rings. The summed E-state index contributed by atoms with van der Waals surface area (Å²) in [5.74, 6) is 1.63. The Morgan fingerprint density at radius 1 is 0.833 bits per heavy atom. The minimum absolute atomic E-state index is 0.519. The van der Waals surface area contributed by atoms with Crippen molar-refractivity contribution in [2.24, 2.45) is 22.7 Å². The number of allylic oxidation sites excluding steroid dienone is 2. The lowest BCUT2D eigenvalue weighted by Crippen LogP contribution is -2.39. The highest BCUT2D eigenvalue weighted by Gasteiger charge is 2.29. The van der Waals surface area contributed by atoms with Gasteiger partial charge in [0.1, 0.15) is 6.67 Å². The van der Waals surface area contributed by atoms with Gasteiger partial charge in [0, 0.05) is 17.5 Å². The third-order valence-corrected chi connectivity index (χ3v) is 3.55. The van der Waals surface area contributed by atoms with Gasteiger partial charge >= 0.3 is 0 Å². The van der Waals surface area contributed by atoms with E-state index in [0.29, 0.717) is 23.8 Å². The smallest absolute Gasteiger partial charge is 0.110 e. The third kappa shape index (κ3) is 2.96. The maximum Gasteiger partial charge on any atom is 0.110 e. The summed E-state index contributed by atoms with van der Waals surface area (Å²) in [6, 6.07) is 0.522. The van der Waals surface area contributed by atoms with Crippen molar-refractivity contribution in [3.8, 4) is 0 Å². The van der Waals surface area contributed by atoms with Crippen LogP contribution >= 0.6 is 0 Å². The highest BCUT2D eigenvalue weighted by Crippen LogP contribution is 2.32. The van der Waals surface area contributed by atoms with E-state index in [1.807, 2.05) is 0 Å². The van der Waals surface area contributed by atoms with E-state index < -0.39 is 0 Å². The van der Waals surface area contributed by atoms with Crippen LogP contribution in [0.2, 0.25) is 0 Å². The van der Waals surface area contributed by atoms with Crippen LogP contribution in [-0.2, 0) is 0 Å². The molecule has 0 aromatic carbocycles. The summed E-state index contributed by atoms with van der Waals surface area (Å²) in [5, 5.41) is 0. The van der Waals surface area contributed by atoms with Crippen molar-refractivity contribution in [3.63, 3.8) is 0 Å². The van der Waals surface area contributed by atoms with E-state index in [1.54, 1.807) is 0 Å². The van der Waals surface area contributed by atoms with Crippen LogP contribution in [-0.4, -0.2) is 23.3 Å². The second kappa shape index (κ2) is 5.90. The van der Waals surface area contributed by atoms with Gasteiger partial charge in [-0.15, -0.1) is 0 Å². The first-order valence-corrected chi connectivity index (χ1v) is 7.32. The average molecular weight is 250 g/mol. The van der Waals surface area contributed by atoms with Gasteiger partial charge in [-0.25, -0.2) is 0 Å². The molecular weight excluding hydrogens is 220 g/mol. The molecule has 0 amide bonds. The summed E-state index contributed by atoms with van der Waals surface area (Å²) in [4.78, 5) is 7.32. The van der Waals surface area contributed by atoms with Crippen LogP contribution in [0.25, 0.3) is 0 Å². The van der Waals surface area contributed by atoms with Gasteiger partial charge in [-0.1, -0.05) is 41.5 Å². The van der Waals surface area contributed by atoms with Crippen molar-refractivity contribution in [1.29, 1.82) is 0 Å². The molecule has 0 saturated heterocycles. The van der Waals surface area contributed by atoms with E-state index in [0.717, 1.165) is 6.67 Å². The Balaban J connectivity index is 3.34. The first-order valence-electron chi connectivity index (χ1n) is 7.32. The average Bonchev–Trinajstić information content (AvgIpc) is 2.26. The van der Waals surface area contributed by atoms with E-state index in [4.69, 9.17) is 4.99 Å². The molecule has 0 aliphatic carbocycles. The summed E-state index contributed by atoms with van der Waals surface area (Å²) in [6.07, 6.45) is 0. The Hall–Kier alpha value is -0.790. The van der Waals surface area contributed by atoms with E-state index in [2.05, 4.69) is 60.3 Å². The number of hydrogen-bond acceptors (Lipinski definition) is 2. The lowest BCUT2D eigenvalue weighted by atomic mass is 9.85. The first-order chi connectivity index (χ1) is 8.27. The van der Waals surface area contributed by atoms with E-state index in [-0.39, 0.29) is 0 Å². The van der Waals surface area contributed by atoms with E-state index in [1.165, 1.54) is 17.0 Å². The topological polar surface area (TPSA) is 15.6 Å². The molecule has 0 radical (unpaired) electrons. The molecule has 0 saturated carbocycles. The number of aliphatic imine (C=N–C) groups is 1. The molecule has 2 heteroatoms. The Morgan fingerprint density at radius 2 is 1.39 bits per heavy atom. The molecule has 1 aliphatic rings. The quantitative estimate of drug-likeness (QED) is 0.725. The summed E-state index contributed by atoms with van der Waals surface area (Å²) in [5.41, 5.74) is 4.32. The van der Waals surface area contributed by atoms with Gasteiger partial charge < -0.3 is 4.90 Å². The molecule has 1 rings (SSSR count). The molecule has 0 atom stereocenters. The minimum Gasteiger partial charge on any atom is -0.353 e. The highest BCUT2D eigenvalue weighted by atomic mass is 15.2. The lowest BCUT2D eigenvalue weighted by Gasteiger charge is -2.39. The fourth-order valence-electron chi connectivity index (χ4n) is 2.77. The third-order valence-electron chi connectivity index (χ3n) is 3.55.